The summed E-state index contributed by atoms with van der Waals surface area (Å²) < 4.78 is 5.50. The van der Waals surface area contributed by atoms with E-state index in [4.69, 9.17) is 16.3 Å². The number of benzene rings is 2. The number of aryl methyl sites for hydroxylation is 1. The molecule has 0 saturated heterocycles. The first-order valence-electron chi connectivity index (χ1n) is 5.06. The average molecular weight is 232 g/mol. The normalized spacial score (nSPS) is 10.1. The van der Waals surface area contributed by atoms with Crippen LogP contribution in [0.4, 0.5) is 0 Å². The summed E-state index contributed by atoms with van der Waals surface area (Å²) in [6.07, 6.45) is 0. The molecular weight excluding hydrogens is 220 g/mol. The second kappa shape index (κ2) is 5.04. The molecule has 0 bridgehead atoms. The molecule has 0 aromatic heterocycles. The molecule has 0 aliphatic carbocycles. The van der Waals surface area contributed by atoms with E-state index in [1.807, 2.05) is 24.3 Å². The van der Waals surface area contributed by atoms with E-state index >= 15 is 0 Å². The van der Waals surface area contributed by atoms with E-state index in [2.05, 4.69) is 19.1 Å². The molecule has 0 saturated carbocycles. The minimum atomic E-state index is 0.711. The first-order valence-corrected chi connectivity index (χ1v) is 5.44. The zero-order valence-electron chi connectivity index (χ0n) is 8.98. The molecule has 1 radical (unpaired) electrons. The van der Waals surface area contributed by atoms with Crippen LogP contribution in [0.25, 0.3) is 0 Å². The lowest BCUT2D eigenvalue weighted by Gasteiger charge is -2.05. The lowest BCUT2D eigenvalue weighted by molar-refractivity contribution is 0.428. The largest absolute Gasteiger partial charge is 0.481 e. The Hall–Kier alpha value is -1.47. The lowest BCUT2D eigenvalue weighted by Crippen LogP contribution is -1.91. The summed E-state index contributed by atoms with van der Waals surface area (Å²) in [4.78, 5) is 0. The van der Waals surface area contributed by atoms with Crippen molar-refractivity contribution in [3.8, 4) is 5.75 Å². The third-order valence-corrected chi connectivity index (χ3v) is 2.47. The Kier molecular flexibility index (Phi) is 3.47. The molecule has 1 nitrogen and oxygen atoms in total. The molecule has 0 fully saturated rings. The predicted octanol–water partition coefficient (Wildman–Crippen LogP) is 4.24. The second-order valence-electron chi connectivity index (χ2n) is 3.60. The maximum Gasteiger partial charge on any atom is 0.165 e. The molecule has 16 heavy (non-hydrogen) atoms. The Bertz CT molecular complexity index is 400. The number of halogens is 1. The van der Waals surface area contributed by atoms with Gasteiger partial charge in [0.15, 0.2) is 6.61 Å². The molecule has 0 amide bonds. The van der Waals surface area contributed by atoms with Crippen molar-refractivity contribution in [3.05, 3.63) is 71.3 Å². The topological polar surface area (TPSA) is 9.23 Å². The van der Waals surface area contributed by atoms with Crippen LogP contribution in [0.15, 0.2) is 48.5 Å². The van der Waals surface area contributed by atoms with Crippen LogP contribution in [-0.2, 0) is 0 Å². The summed E-state index contributed by atoms with van der Waals surface area (Å²) in [7, 11) is 0. The number of hydrogen-bond donors (Lipinski definition) is 0. The Balaban J connectivity index is 1.97. The zero-order valence-corrected chi connectivity index (χ0v) is 9.74. The van der Waals surface area contributed by atoms with E-state index in [-0.39, 0.29) is 0 Å². The van der Waals surface area contributed by atoms with Gasteiger partial charge in [-0.1, -0.05) is 41.4 Å². The van der Waals surface area contributed by atoms with E-state index < -0.39 is 0 Å². The fraction of sp³-hybridized carbons (Fsp3) is 0.0714. The minimum absolute atomic E-state index is 0.711. The van der Waals surface area contributed by atoms with E-state index in [1.165, 1.54) is 5.56 Å². The second-order valence-corrected chi connectivity index (χ2v) is 4.04. The summed E-state index contributed by atoms with van der Waals surface area (Å²) in [5.41, 5.74) is 2.28. The first kappa shape index (κ1) is 11.0. The van der Waals surface area contributed by atoms with Gasteiger partial charge in [-0.05, 0) is 36.8 Å². The highest BCUT2D eigenvalue weighted by atomic mass is 35.5. The van der Waals surface area contributed by atoms with Crippen molar-refractivity contribution >= 4 is 11.6 Å². The van der Waals surface area contributed by atoms with Crippen molar-refractivity contribution in [2.24, 2.45) is 0 Å². The van der Waals surface area contributed by atoms with E-state index in [1.54, 1.807) is 18.7 Å². The molecule has 0 aliphatic heterocycles. The molecular formula is C14H12ClO. The van der Waals surface area contributed by atoms with Gasteiger partial charge >= 0.3 is 0 Å². The Morgan fingerprint density at radius 1 is 0.938 bits per heavy atom. The van der Waals surface area contributed by atoms with Crippen LogP contribution in [0, 0.1) is 13.5 Å². The van der Waals surface area contributed by atoms with Gasteiger partial charge in [-0.15, -0.1) is 0 Å². The quantitative estimate of drug-likeness (QED) is 0.768. The van der Waals surface area contributed by atoms with Gasteiger partial charge in [0.1, 0.15) is 5.75 Å². The zero-order chi connectivity index (χ0) is 11.4. The molecule has 0 aliphatic rings. The summed E-state index contributed by atoms with van der Waals surface area (Å²) in [5, 5.41) is 0.711. The predicted molar refractivity (Wildman–Crippen MR) is 66.7 cm³/mol. The van der Waals surface area contributed by atoms with Crippen molar-refractivity contribution in [1.29, 1.82) is 0 Å². The van der Waals surface area contributed by atoms with Crippen LogP contribution < -0.4 is 4.74 Å². The van der Waals surface area contributed by atoms with Crippen LogP contribution in [0.1, 0.15) is 11.1 Å². The van der Waals surface area contributed by atoms with Crippen molar-refractivity contribution in [2.45, 2.75) is 6.92 Å². The van der Waals surface area contributed by atoms with E-state index in [9.17, 15) is 0 Å². The molecule has 0 spiro atoms. The molecule has 81 valence electrons. The highest BCUT2D eigenvalue weighted by Gasteiger charge is 1.96. The molecule has 2 heteroatoms. The van der Waals surface area contributed by atoms with Crippen molar-refractivity contribution in [1.82, 2.24) is 0 Å². The molecule has 2 aromatic carbocycles. The van der Waals surface area contributed by atoms with E-state index in [0.29, 0.717) is 5.02 Å². The van der Waals surface area contributed by atoms with Gasteiger partial charge in [0.25, 0.3) is 0 Å². The first-order chi connectivity index (χ1) is 7.74. The van der Waals surface area contributed by atoms with Crippen LogP contribution in [0.3, 0.4) is 0 Å². The Morgan fingerprint density at radius 2 is 1.56 bits per heavy atom. The van der Waals surface area contributed by atoms with Gasteiger partial charge in [-0.2, -0.15) is 0 Å². The fourth-order valence-corrected chi connectivity index (χ4v) is 1.42. The summed E-state index contributed by atoms with van der Waals surface area (Å²) in [5.74, 6) is 0.782. The van der Waals surface area contributed by atoms with Crippen molar-refractivity contribution < 1.29 is 4.74 Å². The summed E-state index contributed by atoms with van der Waals surface area (Å²) >= 11 is 5.78. The van der Waals surface area contributed by atoms with Gasteiger partial charge < -0.3 is 4.74 Å². The van der Waals surface area contributed by atoms with Crippen LogP contribution >= 0.6 is 11.6 Å². The Morgan fingerprint density at radius 3 is 2.19 bits per heavy atom. The molecule has 2 aromatic rings. The van der Waals surface area contributed by atoms with Gasteiger partial charge in [-0.25, -0.2) is 0 Å². The third-order valence-electron chi connectivity index (χ3n) is 2.22. The van der Waals surface area contributed by atoms with Crippen LogP contribution in [0.5, 0.6) is 5.75 Å². The maximum absolute atomic E-state index is 5.78. The van der Waals surface area contributed by atoms with Gasteiger partial charge in [0.05, 0.1) is 0 Å². The minimum Gasteiger partial charge on any atom is -0.481 e. The monoisotopic (exact) mass is 231 g/mol. The number of ether oxygens (including phenoxy) is 1. The van der Waals surface area contributed by atoms with Crippen molar-refractivity contribution in [3.63, 3.8) is 0 Å². The number of rotatable bonds is 3. The highest BCUT2D eigenvalue weighted by Crippen LogP contribution is 2.17. The average Bonchev–Trinajstić information content (AvgIpc) is 2.30. The van der Waals surface area contributed by atoms with Crippen LogP contribution in [-0.4, -0.2) is 0 Å². The van der Waals surface area contributed by atoms with Crippen molar-refractivity contribution in [2.75, 3.05) is 0 Å². The summed E-state index contributed by atoms with van der Waals surface area (Å²) in [6.45, 7) is 3.78. The SMILES string of the molecule is Cc1ccc([CH]Oc2ccc(Cl)cc2)cc1. The molecule has 2 rings (SSSR count). The van der Waals surface area contributed by atoms with Crippen LogP contribution in [0.2, 0.25) is 5.02 Å². The van der Waals surface area contributed by atoms with Gasteiger partial charge in [-0.3, -0.25) is 0 Å². The molecule has 0 unspecified atom stereocenters. The molecule has 0 atom stereocenters. The smallest absolute Gasteiger partial charge is 0.165 e. The third kappa shape index (κ3) is 3.01. The lowest BCUT2D eigenvalue weighted by atomic mass is 10.2. The fourth-order valence-electron chi connectivity index (χ4n) is 1.29. The molecule has 0 heterocycles. The number of hydrogen-bond acceptors (Lipinski definition) is 1. The summed E-state index contributed by atoms with van der Waals surface area (Å²) in [6, 6.07) is 15.4. The van der Waals surface area contributed by atoms with Gasteiger partial charge in [0, 0.05) is 5.02 Å². The standard InChI is InChI=1S/C14H12ClO/c1-11-2-4-12(5-3-11)10-16-14-8-6-13(15)7-9-14/h2-10H,1H3. The Labute approximate surface area is 101 Å². The maximum atomic E-state index is 5.78. The van der Waals surface area contributed by atoms with Gasteiger partial charge in [0.2, 0.25) is 0 Å². The van der Waals surface area contributed by atoms with E-state index in [0.717, 1.165) is 11.3 Å². The highest BCUT2D eigenvalue weighted by molar-refractivity contribution is 6.30. The molecule has 0 N–H and O–H groups in total.